The van der Waals surface area contributed by atoms with Gasteiger partial charge in [0, 0.05) is 23.8 Å². The first kappa shape index (κ1) is 24.1. The summed E-state index contributed by atoms with van der Waals surface area (Å²) in [5.41, 5.74) is 9.64. The van der Waals surface area contributed by atoms with Gasteiger partial charge in [-0.25, -0.2) is 0 Å². The Balaban J connectivity index is 1.78. The second kappa shape index (κ2) is 8.94. The molecule has 2 aliphatic rings. The Kier molecular flexibility index (Phi) is 6.51. The van der Waals surface area contributed by atoms with Crippen LogP contribution in [0.3, 0.4) is 0 Å². The van der Waals surface area contributed by atoms with E-state index in [0.29, 0.717) is 17.9 Å². The molecular weight excluding hydrogens is 402 g/mol. The summed E-state index contributed by atoms with van der Waals surface area (Å²) in [4.78, 5) is 0. The molecular formula is C31H42NO+. The van der Waals surface area contributed by atoms with E-state index in [1.165, 1.54) is 38.9 Å². The van der Waals surface area contributed by atoms with Crippen LogP contribution in [-0.2, 0) is 4.74 Å². The molecule has 0 aromatic heterocycles. The maximum Gasteiger partial charge on any atom is 0.145 e. The highest BCUT2D eigenvalue weighted by molar-refractivity contribution is 5.40. The SMILES string of the molecule is CCC#CC[N+]1(C)CC(C)C2(CC(c3cc(C)c(C)cc3C)CO2)C1c1ccc(C)c(C)c1. The van der Waals surface area contributed by atoms with Gasteiger partial charge in [0.2, 0.25) is 0 Å². The molecule has 2 aromatic carbocycles. The van der Waals surface area contributed by atoms with Crippen molar-refractivity contribution >= 4 is 0 Å². The first-order valence-corrected chi connectivity index (χ1v) is 12.7. The lowest BCUT2D eigenvalue weighted by Crippen LogP contribution is -2.49. The number of ether oxygens (including phenoxy) is 1. The van der Waals surface area contributed by atoms with Crippen molar-refractivity contribution in [1.29, 1.82) is 0 Å². The van der Waals surface area contributed by atoms with Crippen molar-refractivity contribution in [1.82, 2.24) is 0 Å². The molecule has 4 rings (SSSR count). The first-order chi connectivity index (χ1) is 15.6. The number of benzene rings is 2. The van der Waals surface area contributed by atoms with E-state index in [2.05, 4.69) is 97.7 Å². The molecule has 33 heavy (non-hydrogen) atoms. The Bertz CT molecular complexity index is 1110. The number of aryl methyl sites for hydroxylation is 5. The van der Waals surface area contributed by atoms with Gasteiger partial charge in [0.15, 0.2) is 0 Å². The fourth-order valence-electron chi connectivity index (χ4n) is 6.69. The van der Waals surface area contributed by atoms with Gasteiger partial charge in [-0.2, -0.15) is 0 Å². The number of likely N-dealkylation sites (N-methyl/N-ethyl adjacent to an activating group) is 1. The largest absolute Gasteiger partial charge is 0.367 e. The van der Waals surface area contributed by atoms with Gasteiger partial charge in [0.05, 0.1) is 20.2 Å². The third-order valence-corrected chi connectivity index (χ3v) is 8.64. The lowest BCUT2D eigenvalue weighted by Gasteiger charge is -2.40. The van der Waals surface area contributed by atoms with Crippen LogP contribution < -0.4 is 0 Å². The quantitative estimate of drug-likeness (QED) is 0.377. The van der Waals surface area contributed by atoms with Crippen molar-refractivity contribution in [2.75, 3.05) is 26.7 Å². The fraction of sp³-hybridized carbons (Fsp3) is 0.548. The van der Waals surface area contributed by atoms with E-state index in [-0.39, 0.29) is 5.60 Å². The van der Waals surface area contributed by atoms with Crippen LogP contribution in [0, 0.1) is 52.4 Å². The van der Waals surface area contributed by atoms with Gasteiger partial charge in [0.25, 0.3) is 0 Å². The molecule has 5 atom stereocenters. The summed E-state index contributed by atoms with van der Waals surface area (Å²) in [5.74, 6) is 7.77. The van der Waals surface area contributed by atoms with Crippen LogP contribution in [0.25, 0.3) is 0 Å². The summed E-state index contributed by atoms with van der Waals surface area (Å²) in [5, 5.41) is 0. The lowest BCUT2D eigenvalue weighted by molar-refractivity contribution is -0.924. The van der Waals surface area contributed by atoms with Gasteiger partial charge in [-0.15, -0.1) is 0 Å². The summed E-state index contributed by atoms with van der Waals surface area (Å²) in [6.45, 7) is 18.5. The van der Waals surface area contributed by atoms with Crippen LogP contribution >= 0.6 is 0 Å². The molecule has 0 aliphatic carbocycles. The van der Waals surface area contributed by atoms with E-state index in [4.69, 9.17) is 4.74 Å². The fourth-order valence-corrected chi connectivity index (χ4v) is 6.69. The predicted molar refractivity (Wildman–Crippen MR) is 139 cm³/mol. The average molecular weight is 445 g/mol. The molecule has 0 saturated carbocycles. The van der Waals surface area contributed by atoms with E-state index in [1.54, 1.807) is 0 Å². The maximum atomic E-state index is 6.98. The van der Waals surface area contributed by atoms with E-state index >= 15 is 0 Å². The van der Waals surface area contributed by atoms with Crippen molar-refractivity contribution < 1.29 is 9.22 Å². The van der Waals surface area contributed by atoms with E-state index in [1.807, 2.05) is 0 Å². The Morgan fingerprint density at radius 3 is 2.33 bits per heavy atom. The highest BCUT2D eigenvalue weighted by atomic mass is 16.5. The number of hydrogen-bond acceptors (Lipinski definition) is 1. The Hall–Kier alpha value is -2.08. The smallest absolute Gasteiger partial charge is 0.145 e. The van der Waals surface area contributed by atoms with Crippen LogP contribution in [0.15, 0.2) is 30.3 Å². The third-order valence-electron chi connectivity index (χ3n) is 8.64. The molecule has 2 nitrogen and oxygen atoms in total. The molecule has 5 unspecified atom stereocenters. The Morgan fingerprint density at radius 2 is 1.64 bits per heavy atom. The van der Waals surface area contributed by atoms with E-state index in [0.717, 1.165) is 37.0 Å². The molecule has 2 heterocycles. The number of hydrogen-bond donors (Lipinski definition) is 0. The molecule has 0 N–H and O–H groups in total. The van der Waals surface area contributed by atoms with E-state index in [9.17, 15) is 0 Å². The zero-order valence-electron chi connectivity index (χ0n) is 22.0. The predicted octanol–water partition coefficient (Wildman–Crippen LogP) is 6.72. The number of nitrogens with zero attached hydrogens (tertiary/aromatic N) is 1. The highest BCUT2D eigenvalue weighted by Gasteiger charge is 2.64. The van der Waals surface area contributed by atoms with Gasteiger partial charge in [-0.1, -0.05) is 44.0 Å². The summed E-state index contributed by atoms with van der Waals surface area (Å²) >= 11 is 0. The molecule has 2 saturated heterocycles. The van der Waals surface area contributed by atoms with Crippen molar-refractivity contribution in [3.8, 4) is 11.8 Å². The van der Waals surface area contributed by atoms with Gasteiger partial charge in [-0.3, -0.25) is 0 Å². The average Bonchev–Trinajstić information content (AvgIpc) is 3.27. The first-order valence-electron chi connectivity index (χ1n) is 12.7. The van der Waals surface area contributed by atoms with Gasteiger partial charge in [0.1, 0.15) is 18.2 Å². The van der Waals surface area contributed by atoms with Crippen molar-refractivity contribution in [3.63, 3.8) is 0 Å². The molecule has 176 valence electrons. The number of quaternary nitrogens is 1. The van der Waals surface area contributed by atoms with Crippen molar-refractivity contribution in [2.24, 2.45) is 5.92 Å². The van der Waals surface area contributed by atoms with E-state index < -0.39 is 0 Å². The summed E-state index contributed by atoms with van der Waals surface area (Å²) in [7, 11) is 2.41. The van der Waals surface area contributed by atoms with Gasteiger partial charge < -0.3 is 9.22 Å². The molecule has 2 fully saturated rings. The normalized spacial score (nSPS) is 31.1. The van der Waals surface area contributed by atoms with Crippen molar-refractivity contribution in [2.45, 2.75) is 78.9 Å². The minimum absolute atomic E-state index is 0.153. The monoisotopic (exact) mass is 444 g/mol. The summed E-state index contributed by atoms with van der Waals surface area (Å²) < 4.78 is 7.92. The number of likely N-dealkylation sites (tertiary alicyclic amines) is 1. The molecule has 2 aromatic rings. The molecule has 2 heteroatoms. The van der Waals surface area contributed by atoms with Crippen LogP contribution in [0.1, 0.15) is 77.6 Å². The van der Waals surface area contributed by atoms with Crippen molar-refractivity contribution in [3.05, 3.63) is 69.3 Å². The van der Waals surface area contributed by atoms with Crippen LogP contribution in [0.4, 0.5) is 0 Å². The molecule has 1 spiro atoms. The molecule has 0 bridgehead atoms. The van der Waals surface area contributed by atoms with Gasteiger partial charge in [-0.05, 0) is 86.4 Å². The zero-order chi connectivity index (χ0) is 24.0. The summed E-state index contributed by atoms with van der Waals surface area (Å²) in [6, 6.07) is 12.1. The van der Waals surface area contributed by atoms with Crippen LogP contribution in [0.2, 0.25) is 0 Å². The maximum absolute atomic E-state index is 6.98. The molecule has 2 aliphatic heterocycles. The molecule has 0 amide bonds. The molecule has 0 radical (unpaired) electrons. The minimum Gasteiger partial charge on any atom is -0.367 e. The second-order valence-corrected chi connectivity index (χ2v) is 11.1. The minimum atomic E-state index is -0.153. The standard InChI is InChI=1S/C31H42NO/c1-9-10-11-14-32(8)19-26(7)31(30(32)27-13-12-21(2)23(4)16-27)18-28(20-33-31)29-17-24(5)22(3)15-25(29)6/h12-13,15-17,26,28,30H,9,14,18-20H2,1-8H3/q+1. The Morgan fingerprint density at radius 1 is 0.939 bits per heavy atom. The third kappa shape index (κ3) is 4.16. The second-order valence-electron chi connectivity index (χ2n) is 11.1. The Labute approximate surface area is 201 Å². The summed E-state index contributed by atoms with van der Waals surface area (Å²) in [6.07, 6.45) is 2.00. The lowest BCUT2D eigenvalue weighted by atomic mass is 9.76. The van der Waals surface area contributed by atoms with Crippen LogP contribution in [-0.4, -0.2) is 36.8 Å². The highest BCUT2D eigenvalue weighted by Crippen LogP contribution is 2.57. The van der Waals surface area contributed by atoms with Crippen LogP contribution in [0.5, 0.6) is 0 Å². The zero-order valence-corrected chi connectivity index (χ0v) is 22.0. The topological polar surface area (TPSA) is 9.23 Å². The van der Waals surface area contributed by atoms with Gasteiger partial charge >= 0.3 is 0 Å². The number of rotatable bonds is 3.